The van der Waals surface area contributed by atoms with Crippen molar-refractivity contribution in [3.63, 3.8) is 0 Å². The van der Waals surface area contributed by atoms with Gasteiger partial charge >= 0.3 is 0 Å². The van der Waals surface area contributed by atoms with Crippen molar-refractivity contribution in [3.05, 3.63) is 23.0 Å². The fourth-order valence-electron chi connectivity index (χ4n) is 2.76. The summed E-state index contributed by atoms with van der Waals surface area (Å²) in [7, 11) is 0. The molecule has 2 rings (SSSR count). The molecule has 3 N–H and O–H groups in total. The van der Waals surface area contributed by atoms with Crippen LogP contribution < -0.4 is 11.1 Å². The highest BCUT2D eigenvalue weighted by molar-refractivity contribution is 6.29. The van der Waals surface area contributed by atoms with E-state index in [4.69, 9.17) is 17.3 Å². The number of pyridine rings is 1. The van der Waals surface area contributed by atoms with Gasteiger partial charge in [0, 0.05) is 6.54 Å². The normalized spacial score (nSPS) is 26.3. The van der Waals surface area contributed by atoms with Crippen molar-refractivity contribution in [1.29, 1.82) is 0 Å². The van der Waals surface area contributed by atoms with Gasteiger partial charge in [0.15, 0.2) is 0 Å². The van der Waals surface area contributed by atoms with E-state index in [1.54, 1.807) is 12.1 Å². The Morgan fingerprint density at radius 2 is 2.15 bits per heavy atom. The van der Waals surface area contributed by atoms with Gasteiger partial charge in [-0.3, -0.25) is 4.79 Å². The number of halogens is 1. The molecule has 0 atom stereocenters. The van der Waals surface area contributed by atoms with Crippen molar-refractivity contribution in [2.45, 2.75) is 39.5 Å². The molecular formula is C15H22ClN3O. The molecular weight excluding hydrogens is 274 g/mol. The Hall–Kier alpha value is -1.13. The second kappa shape index (κ2) is 6.10. The molecule has 1 fully saturated rings. The van der Waals surface area contributed by atoms with E-state index < -0.39 is 5.41 Å². The first kappa shape index (κ1) is 15.3. The number of nitrogens with one attached hydrogen (secondary N) is 1. The highest BCUT2D eigenvalue weighted by Gasteiger charge is 2.39. The average molecular weight is 296 g/mol. The number of aromatic nitrogens is 1. The second-order valence-electron chi connectivity index (χ2n) is 5.89. The van der Waals surface area contributed by atoms with Gasteiger partial charge in [-0.05, 0) is 50.7 Å². The van der Waals surface area contributed by atoms with Gasteiger partial charge in [-0.15, -0.1) is 0 Å². The lowest BCUT2D eigenvalue weighted by atomic mass is 9.70. The molecule has 1 aliphatic carbocycles. The third-order valence-corrected chi connectivity index (χ3v) is 4.61. The number of carbonyl (C=O) groups is 1. The molecule has 1 saturated carbocycles. The second-order valence-corrected chi connectivity index (χ2v) is 6.28. The van der Waals surface area contributed by atoms with Crippen molar-refractivity contribution >= 4 is 23.2 Å². The molecule has 1 aliphatic rings. The van der Waals surface area contributed by atoms with E-state index in [9.17, 15) is 4.79 Å². The van der Waals surface area contributed by atoms with Crippen LogP contribution >= 0.6 is 11.6 Å². The number of anilines is 1. The number of rotatable bonds is 3. The fraction of sp³-hybridized carbons (Fsp3) is 0.600. The molecule has 0 saturated heterocycles. The summed E-state index contributed by atoms with van der Waals surface area (Å²) in [6.07, 6.45) is 3.83. The number of amides is 1. The summed E-state index contributed by atoms with van der Waals surface area (Å²) in [6, 6.07) is 3.47. The van der Waals surface area contributed by atoms with E-state index in [0.29, 0.717) is 23.3 Å². The average Bonchev–Trinajstić information content (AvgIpc) is 2.43. The zero-order valence-corrected chi connectivity index (χ0v) is 12.8. The first-order valence-corrected chi connectivity index (χ1v) is 7.49. The van der Waals surface area contributed by atoms with Crippen LogP contribution in [0.25, 0.3) is 0 Å². The highest BCUT2D eigenvalue weighted by Crippen LogP contribution is 2.39. The molecule has 1 aromatic rings. The van der Waals surface area contributed by atoms with Gasteiger partial charge in [0.2, 0.25) is 5.91 Å². The van der Waals surface area contributed by atoms with Crippen LogP contribution in [-0.4, -0.2) is 17.4 Å². The Balaban J connectivity index is 2.13. The molecule has 0 aliphatic heterocycles. The summed E-state index contributed by atoms with van der Waals surface area (Å²) in [5.74, 6) is 0.695. The summed E-state index contributed by atoms with van der Waals surface area (Å²) >= 11 is 5.83. The van der Waals surface area contributed by atoms with Crippen LogP contribution in [0.5, 0.6) is 0 Å². The van der Waals surface area contributed by atoms with Gasteiger partial charge in [-0.2, -0.15) is 0 Å². The largest absolute Gasteiger partial charge is 0.329 e. The van der Waals surface area contributed by atoms with Crippen LogP contribution in [0.1, 0.15) is 38.3 Å². The molecule has 4 nitrogen and oxygen atoms in total. The van der Waals surface area contributed by atoms with E-state index in [0.717, 1.165) is 31.4 Å². The standard InChI is InChI=1S/C15H22ClN3O/c1-10-5-7-15(9-17,8-6-10)14(20)19-12-3-4-13(16)18-11(12)2/h3-4,10H,5-9,17H2,1-2H3,(H,19,20). The lowest BCUT2D eigenvalue weighted by Gasteiger charge is -2.37. The Morgan fingerprint density at radius 1 is 1.50 bits per heavy atom. The molecule has 110 valence electrons. The number of hydrogen-bond donors (Lipinski definition) is 2. The zero-order valence-electron chi connectivity index (χ0n) is 12.1. The predicted molar refractivity (Wildman–Crippen MR) is 81.7 cm³/mol. The van der Waals surface area contributed by atoms with Crippen LogP contribution in [0.2, 0.25) is 5.15 Å². The molecule has 0 radical (unpaired) electrons. The van der Waals surface area contributed by atoms with Crippen molar-refractivity contribution in [3.8, 4) is 0 Å². The SMILES string of the molecule is Cc1nc(Cl)ccc1NC(=O)C1(CN)CCC(C)CC1. The summed E-state index contributed by atoms with van der Waals surface area (Å²) in [4.78, 5) is 16.8. The number of hydrogen-bond acceptors (Lipinski definition) is 3. The third-order valence-electron chi connectivity index (χ3n) is 4.40. The lowest BCUT2D eigenvalue weighted by molar-refractivity contribution is -0.127. The zero-order chi connectivity index (χ0) is 14.8. The van der Waals surface area contributed by atoms with Crippen LogP contribution in [0.3, 0.4) is 0 Å². The molecule has 5 heteroatoms. The molecule has 20 heavy (non-hydrogen) atoms. The Morgan fingerprint density at radius 3 is 2.70 bits per heavy atom. The minimum atomic E-state index is -0.432. The first-order chi connectivity index (χ1) is 9.47. The summed E-state index contributed by atoms with van der Waals surface area (Å²) in [6.45, 7) is 4.46. The summed E-state index contributed by atoms with van der Waals surface area (Å²) in [5, 5.41) is 3.40. The van der Waals surface area contributed by atoms with Crippen LogP contribution in [0, 0.1) is 18.3 Å². The molecule has 0 bridgehead atoms. The van der Waals surface area contributed by atoms with Gasteiger partial charge < -0.3 is 11.1 Å². The topological polar surface area (TPSA) is 68.0 Å². The molecule has 0 unspecified atom stereocenters. The maximum absolute atomic E-state index is 12.6. The molecule has 0 spiro atoms. The van der Waals surface area contributed by atoms with Crippen LogP contribution in [-0.2, 0) is 4.79 Å². The fourth-order valence-corrected chi connectivity index (χ4v) is 2.95. The summed E-state index contributed by atoms with van der Waals surface area (Å²) in [5.41, 5.74) is 6.91. The molecule has 1 heterocycles. The minimum absolute atomic E-state index is 0.0131. The Bertz CT molecular complexity index is 496. The maximum Gasteiger partial charge on any atom is 0.231 e. The van der Waals surface area contributed by atoms with Gasteiger partial charge in [-0.1, -0.05) is 18.5 Å². The number of nitrogens with zero attached hydrogens (tertiary/aromatic N) is 1. The van der Waals surface area contributed by atoms with Gasteiger partial charge in [-0.25, -0.2) is 4.98 Å². The Labute approximate surface area is 125 Å². The van der Waals surface area contributed by atoms with E-state index in [-0.39, 0.29) is 5.91 Å². The smallest absolute Gasteiger partial charge is 0.231 e. The van der Waals surface area contributed by atoms with Crippen molar-refractivity contribution < 1.29 is 4.79 Å². The number of carbonyl (C=O) groups excluding carboxylic acids is 1. The van der Waals surface area contributed by atoms with E-state index in [2.05, 4.69) is 17.2 Å². The van der Waals surface area contributed by atoms with Crippen LogP contribution in [0.15, 0.2) is 12.1 Å². The number of aryl methyl sites for hydroxylation is 1. The van der Waals surface area contributed by atoms with E-state index in [1.165, 1.54) is 0 Å². The molecule has 1 amide bonds. The van der Waals surface area contributed by atoms with Crippen molar-refractivity contribution in [2.75, 3.05) is 11.9 Å². The first-order valence-electron chi connectivity index (χ1n) is 7.11. The molecule has 0 aromatic carbocycles. The van der Waals surface area contributed by atoms with Crippen molar-refractivity contribution in [1.82, 2.24) is 4.98 Å². The maximum atomic E-state index is 12.6. The predicted octanol–water partition coefficient (Wildman–Crippen LogP) is 3.14. The monoisotopic (exact) mass is 295 g/mol. The molecule has 1 aromatic heterocycles. The van der Waals surface area contributed by atoms with Crippen molar-refractivity contribution in [2.24, 2.45) is 17.1 Å². The van der Waals surface area contributed by atoms with E-state index in [1.807, 2.05) is 6.92 Å². The van der Waals surface area contributed by atoms with Crippen LogP contribution in [0.4, 0.5) is 5.69 Å². The van der Waals surface area contributed by atoms with Gasteiger partial charge in [0.1, 0.15) is 5.15 Å². The lowest BCUT2D eigenvalue weighted by Crippen LogP contribution is -2.45. The third kappa shape index (κ3) is 3.13. The number of nitrogens with two attached hydrogens (primary N) is 1. The highest BCUT2D eigenvalue weighted by atomic mass is 35.5. The minimum Gasteiger partial charge on any atom is -0.329 e. The van der Waals surface area contributed by atoms with Gasteiger partial charge in [0.25, 0.3) is 0 Å². The summed E-state index contributed by atoms with van der Waals surface area (Å²) < 4.78 is 0. The van der Waals surface area contributed by atoms with Gasteiger partial charge in [0.05, 0.1) is 16.8 Å². The quantitative estimate of drug-likeness (QED) is 0.842. The van der Waals surface area contributed by atoms with E-state index >= 15 is 0 Å². The Kier molecular flexibility index (Phi) is 4.66.